The molecule has 0 radical (unpaired) electrons. The molecule has 2 rings (SSSR count). The molecule has 36 heavy (non-hydrogen) atoms. The molecule has 10 nitrogen and oxygen atoms in total. The van der Waals surface area contributed by atoms with Gasteiger partial charge in [0.05, 0.1) is 12.8 Å². The first-order chi connectivity index (χ1) is 16.9. The molecule has 0 spiro atoms. The van der Waals surface area contributed by atoms with E-state index in [1.807, 2.05) is 0 Å². The summed E-state index contributed by atoms with van der Waals surface area (Å²) in [6.45, 7) is -1.07. The molecule has 14 heteroatoms. The summed E-state index contributed by atoms with van der Waals surface area (Å²) >= 11 is 23.3. The Kier molecular flexibility index (Phi) is 14.0. The summed E-state index contributed by atoms with van der Waals surface area (Å²) in [7, 11) is 0. The van der Waals surface area contributed by atoms with E-state index in [-0.39, 0.29) is 38.6 Å². The second-order valence-electron chi connectivity index (χ2n) is 6.91. The van der Waals surface area contributed by atoms with Gasteiger partial charge in [0, 0.05) is 31.2 Å². The molecule has 0 amide bonds. The van der Waals surface area contributed by atoms with Crippen molar-refractivity contribution in [2.75, 3.05) is 19.8 Å². The number of guanidine groups is 1. The first-order valence-corrected chi connectivity index (χ1v) is 11.5. The van der Waals surface area contributed by atoms with E-state index in [1.165, 1.54) is 0 Å². The van der Waals surface area contributed by atoms with E-state index in [0.29, 0.717) is 31.2 Å². The lowest BCUT2D eigenvalue weighted by atomic mass is 10.1. The molecule has 2 aromatic carbocycles. The van der Waals surface area contributed by atoms with E-state index in [2.05, 4.69) is 4.99 Å². The van der Waals surface area contributed by atoms with E-state index in [9.17, 15) is 19.5 Å². The molecular weight excluding hydrogens is 560 g/mol. The van der Waals surface area contributed by atoms with E-state index in [1.54, 1.807) is 36.4 Å². The predicted molar refractivity (Wildman–Crippen MR) is 137 cm³/mol. The number of carbonyl (C=O) groups excluding carboxylic acids is 2. The van der Waals surface area contributed by atoms with Crippen LogP contribution in [0.4, 0.5) is 0 Å². The molecule has 0 aliphatic heterocycles. The number of hydrogen-bond donors (Lipinski definition) is 4. The van der Waals surface area contributed by atoms with Gasteiger partial charge < -0.3 is 31.2 Å². The topological polar surface area (TPSA) is 175 Å². The fourth-order valence-electron chi connectivity index (χ4n) is 2.38. The number of carbonyl (C=O) groups is 3. The summed E-state index contributed by atoms with van der Waals surface area (Å²) < 4.78 is 9.59. The Morgan fingerprint density at radius 1 is 0.806 bits per heavy atom. The summed E-state index contributed by atoms with van der Waals surface area (Å²) in [6, 6.07) is 9.76. The van der Waals surface area contributed by atoms with Gasteiger partial charge in [0.25, 0.3) is 0 Å². The van der Waals surface area contributed by atoms with Crippen molar-refractivity contribution in [3.8, 4) is 0 Å². The third-order valence-electron chi connectivity index (χ3n) is 4.04. The minimum atomic E-state index is -1.18. The number of hydrogen-bond acceptors (Lipinski definition) is 7. The molecule has 0 bridgehead atoms. The maximum atomic E-state index is 11.7. The van der Waals surface area contributed by atoms with Gasteiger partial charge in [-0.2, -0.15) is 0 Å². The fraction of sp³-hybridized carbons (Fsp3) is 0.273. The summed E-state index contributed by atoms with van der Waals surface area (Å²) in [5.74, 6) is -2.54. The Labute approximate surface area is 226 Å². The Morgan fingerprint density at radius 3 is 1.64 bits per heavy atom. The van der Waals surface area contributed by atoms with Crippen molar-refractivity contribution in [2.45, 2.75) is 18.9 Å². The van der Waals surface area contributed by atoms with Crippen LogP contribution in [0.15, 0.2) is 41.4 Å². The van der Waals surface area contributed by atoms with Crippen molar-refractivity contribution in [2.24, 2.45) is 16.5 Å². The summed E-state index contributed by atoms with van der Waals surface area (Å²) in [5.41, 5.74) is 11.0. The minimum absolute atomic E-state index is 0.140. The number of esters is 2. The monoisotopic (exact) mass is 581 g/mol. The Hall–Kier alpha value is -2.76. The van der Waals surface area contributed by atoms with Crippen LogP contribution in [0.2, 0.25) is 20.1 Å². The molecule has 196 valence electrons. The molecule has 0 saturated carbocycles. The molecule has 1 unspecified atom stereocenters. The zero-order valence-corrected chi connectivity index (χ0v) is 21.7. The lowest BCUT2D eigenvalue weighted by Crippen LogP contribution is -2.28. The molecule has 0 aliphatic carbocycles. The lowest BCUT2D eigenvalue weighted by Gasteiger charge is -2.12. The van der Waals surface area contributed by atoms with Gasteiger partial charge in [0.2, 0.25) is 0 Å². The number of halogens is 4. The minimum Gasteiger partial charge on any atom is -0.481 e. The van der Waals surface area contributed by atoms with Crippen LogP contribution in [0.3, 0.4) is 0 Å². The number of rotatable bonds is 10. The molecule has 0 fully saturated rings. The van der Waals surface area contributed by atoms with Gasteiger partial charge in [-0.05, 0) is 24.3 Å². The van der Waals surface area contributed by atoms with Crippen LogP contribution >= 0.6 is 46.4 Å². The van der Waals surface area contributed by atoms with Gasteiger partial charge in [-0.25, -0.2) is 4.99 Å². The van der Waals surface area contributed by atoms with Crippen LogP contribution in [-0.2, 0) is 36.7 Å². The summed E-state index contributed by atoms with van der Waals surface area (Å²) in [5, 5.41) is 19.6. The van der Waals surface area contributed by atoms with Crippen molar-refractivity contribution < 1.29 is 34.1 Å². The normalized spacial score (nSPS) is 10.9. The van der Waals surface area contributed by atoms with Crippen LogP contribution in [0, 0.1) is 0 Å². The van der Waals surface area contributed by atoms with Crippen LogP contribution in [0.5, 0.6) is 0 Å². The van der Waals surface area contributed by atoms with Gasteiger partial charge in [0.15, 0.2) is 5.96 Å². The Balaban J connectivity index is 0.000000450. The lowest BCUT2D eigenvalue weighted by molar-refractivity contribution is -0.151. The van der Waals surface area contributed by atoms with Crippen molar-refractivity contribution in [1.29, 1.82) is 0 Å². The maximum absolute atomic E-state index is 11.7. The second kappa shape index (κ2) is 16.1. The average molecular weight is 583 g/mol. The van der Waals surface area contributed by atoms with Crippen molar-refractivity contribution >= 4 is 70.3 Å². The highest BCUT2D eigenvalue weighted by molar-refractivity contribution is 6.36. The molecule has 1 atom stereocenters. The zero-order chi connectivity index (χ0) is 27.3. The summed E-state index contributed by atoms with van der Waals surface area (Å²) in [6.07, 6.45) is -1.47. The molecular formula is C22H23Cl4N3O7. The third kappa shape index (κ3) is 12.3. The van der Waals surface area contributed by atoms with Crippen LogP contribution in [-0.4, -0.2) is 59.9 Å². The fourth-order valence-corrected chi connectivity index (χ4v) is 3.44. The highest BCUT2D eigenvalue weighted by Gasteiger charge is 2.15. The van der Waals surface area contributed by atoms with E-state index < -0.39 is 24.0 Å². The Morgan fingerprint density at radius 2 is 1.22 bits per heavy atom. The van der Waals surface area contributed by atoms with Gasteiger partial charge in [-0.3, -0.25) is 14.4 Å². The first kappa shape index (κ1) is 31.3. The van der Waals surface area contributed by atoms with Crippen LogP contribution in [0.25, 0.3) is 0 Å². The molecule has 0 saturated heterocycles. The Bertz CT molecular complexity index is 1050. The largest absolute Gasteiger partial charge is 0.481 e. The number of aliphatic imine (C=N–C) groups is 1. The predicted octanol–water partition coefficient (Wildman–Crippen LogP) is 2.88. The number of aliphatic carboxylic acids is 1. The van der Waals surface area contributed by atoms with Crippen molar-refractivity contribution in [3.63, 3.8) is 0 Å². The highest BCUT2D eigenvalue weighted by Crippen LogP contribution is 2.25. The first-order valence-electron chi connectivity index (χ1n) is 10.0. The number of aliphatic hydroxyl groups is 1. The zero-order valence-electron chi connectivity index (χ0n) is 18.6. The standard InChI is InChI=1S/C14H17Cl2N3O5.C8H6Cl2O2/c15-10-2-1-3-11(16)9(10)4-12(21)23-6-8(20)7-24-13(22)5-19-14(17)18;9-6-2-1-3-7(10)5(6)4-8(11)12/h1-3,8,20H,4-7H2,(H4,17,18,19);1-3H,4H2,(H,11,12). The number of benzene rings is 2. The van der Waals surface area contributed by atoms with Gasteiger partial charge in [-0.1, -0.05) is 58.5 Å². The summed E-state index contributed by atoms with van der Waals surface area (Å²) in [4.78, 5) is 36.8. The molecule has 2 aromatic rings. The maximum Gasteiger partial charge on any atom is 0.327 e. The number of carboxylic acid groups (broad SMARTS) is 1. The number of nitrogens with zero attached hydrogens (tertiary/aromatic N) is 1. The number of ether oxygens (including phenoxy) is 2. The molecule has 0 aliphatic rings. The quantitative estimate of drug-likeness (QED) is 0.186. The van der Waals surface area contributed by atoms with E-state index in [0.717, 1.165) is 0 Å². The van der Waals surface area contributed by atoms with Gasteiger partial charge in [-0.15, -0.1) is 0 Å². The highest BCUT2D eigenvalue weighted by atomic mass is 35.5. The van der Waals surface area contributed by atoms with E-state index >= 15 is 0 Å². The third-order valence-corrected chi connectivity index (χ3v) is 5.45. The molecule has 0 heterocycles. The van der Waals surface area contributed by atoms with Crippen molar-refractivity contribution in [3.05, 3.63) is 67.6 Å². The average Bonchev–Trinajstić information content (AvgIpc) is 2.80. The van der Waals surface area contributed by atoms with Crippen LogP contribution < -0.4 is 11.5 Å². The van der Waals surface area contributed by atoms with Crippen molar-refractivity contribution in [1.82, 2.24) is 0 Å². The molecule has 6 N–H and O–H groups in total. The van der Waals surface area contributed by atoms with Gasteiger partial charge >= 0.3 is 17.9 Å². The van der Waals surface area contributed by atoms with E-state index in [4.69, 9.17) is 72.5 Å². The van der Waals surface area contributed by atoms with Gasteiger partial charge in [0.1, 0.15) is 25.9 Å². The number of carboxylic acids is 1. The number of nitrogens with two attached hydrogens (primary N) is 2. The number of aliphatic hydroxyl groups excluding tert-OH is 1. The molecule has 0 aromatic heterocycles. The van der Waals surface area contributed by atoms with Crippen LogP contribution in [0.1, 0.15) is 11.1 Å². The smallest absolute Gasteiger partial charge is 0.327 e. The second-order valence-corrected chi connectivity index (χ2v) is 8.54. The SMILES string of the molecule is NC(N)=NCC(=O)OCC(O)COC(=O)Cc1c(Cl)cccc1Cl.O=C(O)Cc1c(Cl)cccc1Cl.